The lowest BCUT2D eigenvalue weighted by molar-refractivity contribution is 0.189. The Morgan fingerprint density at radius 3 is 2.56 bits per heavy atom. The minimum atomic E-state index is 0.0432. The molecule has 1 aliphatic heterocycles. The van der Waals surface area contributed by atoms with E-state index in [2.05, 4.69) is 32.7 Å². The minimum absolute atomic E-state index is 0.0432. The fourth-order valence-electron chi connectivity index (χ4n) is 3.23. The van der Waals surface area contributed by atoms with Crippen molar-refractivity contribution in [1.29, 1.82) is 0 Å². The number of tetrazole rings is 1. The lowest BCUT2D eigenvalue weighted by Crippen LogP contribution is -2.53. The van der Waals surface area contributed by atoms with Gasteiger partial charge in [-0.15, -0.1) is 0 Å². The molecule has 1 saturated heterocycles. The van der Waals surface area contributed by atoms with Gasteiger partial charge < -0.3 is 15.1 Å². The van der Waals surface area contributed by atoms with Gasteiger partial charge in [-0.05, 0) is 48.2 Å². The highest BCUT2D eigenvalue weighted by Gasteiger charge is 2.31. The Morgan fingerprint density at radius 2 is 1.88 bits per heavy atom. The fourth-order valence-corrected chi connectivity index (χ4v) is 3.23. The van der Waals surface area contributed by atoms with Gasteiger partial charge >= 0.3 is 6.03 Å². The zero-order valence-corrected chi connectivity index (χ0v) is 14.4. The number of nitrogens with one attached hydrogen (secondary N) is 1. The lowest BCUT2D eigenvalue weighted by atomic mass is 10.2. The van der Waals surface area contributed by atoms with Crippen LogP contribution >= 0.6 is 0 Å². The summed E-state index contributed by atoms with van der Waals surface area (Å²) >= 11 is 0. The predicted molar refractivity (Wildman–Crippen MR) is 93.7 cm³/mol. The van der Waals surface area contributed by atoms with E-state index in [4.69, 9.17) is 0 Å². The zero-order valence-electron chi connectivity index (χ0n) is 14.4. The number of nitrogens with zero attached hydrogens (tertiary/aromatic N) is 6. The van der Waals surface area contributed by atoms with Crippen molar-refractivity contribution in [1.82, 2.24) is 30.4 Å². The maximum Gasteiger partial charge on any atom is 0.317 e. The molecule has 2 heterocycles. The topological polar surface area (TPSA) is 79.2 Å². The molecule has 8 heteroatoms. The van der Waals surface area contributed by atoms with Gasteiger partial charge in [-0.3, -0.25) is 0 Å². The third kappa shape index (κ3) is 3.42. The standard InChI is InChI=1S/C17H23N7O/c1-13(14-7-8-14)18-17(25)23-11-9-22(10-12-23)16-19-20-21-24(16)15-5-3-2-4-6-15/h2-6,13-14H,7-12H2,1H3,(H,18,25). The number of aromatic nitrogens is 4. The molecule has 2 aromatic rings. The van der Waals surface area contributed by atoms with Gasteiger partial charge in [0, 0.05) is 32.2 Å². The molecule has 0 spiro atoms. The van der Waals surface area contributed by atoms with Crippen LogP contribution in [0, 0.1) is 5.92 Å². The van der Waals surface area contributed by atoms with Gasteiger partial charge in [0.25, 0.3) is 0 Å². The summed E-state index contributed by atoms with van der Waals surface area (Å²) < 4.78 is 1.74. The van der Waals surface area contributed by atoms with Crippen molar-refractivity contribution in [3.63, 3.8) is 0 Å². The average Bonchev–Trinajstić information content (AvgIpc) is 3.39. The Labute approximate surface area is 146 Å². The van der Waals surface area contributed by atoms with Crippen molar-refractivity contribution in [2.24, 2.45) is 5.92 Å². The first-order valence-electron chi connectivity index (χ1n) is 8.86. The molecule has 1 N–H and O–H groups in total. The molecule has 1 saturated carbocycles. The van der Waals surface area contributed by atoms with Crippen LogP contribution in [0.5, 0.6) is 0 Å². The number of urea groups is 1. The van der Waals surface area contributed by atoms with Crippen LogP contribution in [0.1, 0.15) is 19.8 Å². The highest BCUT2D eigenvalue weighted by molar-refractivity contribution is 5.75. The van der Waals surface area contributed by atoms with Gasteiger partial charge in [-0.2, -0.15) is 4.68 Å². The van der Waals surface area contributed by atoms with Crippen LogP contribution in [-0.2, 0) is 0 Å². The summed E-state index contributed by atoms with van der Waals surface area (Å²) in [5.41, 5.74) is 0.931. The molecule has 8 nitrogen and oxygen atoms in total. The highest BCUT2D eigenvalue weighted by Crippen LogP contribution is 2.32. The minimum Gasteiger partial charge on any atom is -0.336 e. The van der Waals surface area contributed by atoms with E-state index < -0.39 is 0 Å². The molecule has 2 aliphatic rings. The molecule has 2 amide bonds. The largest absolute Gasteiger partial charge is 0.336 e. The van der Waals surface area contributed by atoms with Crippen LogP contribution in [0.3, 0.4) is 0 Å². The Kier molecular flexibility index (Phi) is 4.25. The Bertz CT molecular complexity index is 720. The number of para-hydroxylation sites is 1. The summed E-state index contributed by atoms with van der Waals surface area (Å²) in [5, 5.41) is 15.2. The van der Waals surface area contributed by atoms with Crippen molar-refractivity contribution < 1.29 is 4.79 Å². The second-order valence-corrected chi connectivity index (χ2v) is 6.78. The maximum absolute atomic E-state index is 12.4. The third-order valence-electron chi connectivity index (χ3n) is 4.98. The molecule has 0 radical (unpaired) electrons. The maximum atomic E-state index is 12.4. The van der Waals surface area contributed by atoms with Crippen LogP contribution in [-0.4, -0.2) is 63.4 Å². The third-order valence-corrected chi connectivity index (χ3v) is 4.98. The van der Waals surface area contributed by atoms with E-state index in [9.17, 15) is 4.79 Å². The van der Waals surface area contributed by atoms with Crippen molar-refractivity contribution in [2.45, 2.75) is 25.8 Å². The number of hydrogen-bond donors (Lipinski definition) is 1. The quantitative estimate of drug-likeness (QED) is 0.907. The number of piperazine rings is 1. The van der Waals surface area contributed by atoms with Crippen LogP contribution in [0.2, 0.25) is 0 Å². The summed E-state index contributed by atoms with van der Waals surface area (Å²) in [6, 6.07) is 10.2. The molecule has 25 heavy (non-hydrogen) atoms. The number of hydrogen-bond acceptors (Lipinski definition) is 5. The van der Waals surface area contributed by atoms with E-state index in [1.54, 1.807) is 4.68 Å². The van der Waals surface area contributed by atoms with Crippen molar-refractivity contribution in [3.8, 4) is 5.69 Å². The summed E-state index contributed by atoms with van der Waals surface area (Å²) in [5.74, 6) is 1.39. The van der Waals surface area contributed by atoms with Gasteiger partial charge in [-0.25, -0.2) is 4.79 Å². The molecule has 2 fully saturated rings. The molecule has 0 bridgehead atoms. The lowest BCUT2D eigenvalue weighted by Gasteiger charge is -2.35. The fraction of sp³-hybridized carbons (Fsp3) is 0.529. The highest BCUT2D eigenvalue weighted by atomic mass is 16.2. The molecule has 1 aromatic heterocycles. The first kappa shape index (κ1) is 15.9. The molecular weight excluding hydrogens is 318 g/mol. The number of benzene rings is 1. The SMILES string of the molecule is CC(NC(=O)N1CCN(c2nnnn2-c2ccccc2)CC1)C1CC1. The molecular formula is C17H23N7O. The van der Waals surface area contributed by atoms with Crippen LogP contribution in [0.15, 0.2) is 30.3 Å². The van der Waals surface area contributed by atoms with Crippen molar-refractivity contribution in [2.75, 3.05) is 31.1 Å². The van der Waals surface area contributed by atoms with Crippen molar-refractivity contribution in [3.05, 3.63) is 30.3 Å². The monoisotopic (exact) mass is 341 g/mol. The molecule has 1 unspecified atom stereocenters. The van der Waals surface area contributed by atoms with E-state index in [0.717, 1.165) is 24.7 Å². The summed E-state index contributed by atoms with van der Waals surface area (Å²) in [6.45, 7) is 4.88. The average molecular weight is 341 g/mol. The van der Waals surface area contributed by atoms with Crippen LogP contribution in [0.25, 0.3) is 5.69 Å². The molecule has 1 aliphatic carbocycles. The summed E-state index contributed by atoms with van der Waals surface area (Å²) in [6.07, 6.45) is 2.47. The van der Waals surface area contributed by atoms with Gasteiger partial charge in [0.05, 0.1) is 5.69 Å². The Hall–Kier alpha value is -2.64. The molecule has 1 aromatic carbocycles. The second-order valence-electron chi connectivity index (χ2n) is 6.78. The Balaban J connectivity index is 1.38. The first-order valence-corrected chi connectivity index (χ1v) is 8.86. The van der Waals surface area contributed by atoms with E-state index in [1.807, 2.05) is 35.2 Å². The van der Waals surface area contributed by atoms with Gasteiger partial charge in [0.2, 0.25) is 5.95 Å². The number of carbonyl (C=O) groups excluding carboxylic acids is 1. The summed E-state index contributed by atoms with van der Waals surface area (Å²) in [4.78, 5) is 16.4. The smallest absolute Gasteiger partial charge is 0.317 e. The van der Waals surface area contributed by atoms with E-state index in [-0.39, 0.29) is 12.1 Å². The normalized spacial score (nSPS) is 18.9. The van der Waals surface area contributed by atoms with Gasteiger partial charge in [0.15, 0.2) is 0 Å². The van der Waals surface area contributed by atoms with E-state index in [1.165, 1.54) is 12.8 Å². The second kappa shape index (κ2) is 6.70. The molecule has 1 atom stereocenters. The Morgan fingerprint density at radius 1 is 1.16 bits per heavy atom. The van der Waals surface area contributed by atoms with E-state index in [0.29, 0.717) is 19.0 Å². The number of anilines is 1. The summed E-state index contributed by atoms with van der Waals surface area (Å²) in [7, 11) is 0. The number of carbonyl (C=O) groups is 1. The first-order chi connectivity index (χ1) is 12.2. The van der Waals surface area contributed by atoms with Crippen LogP contribution in [0.4, 0.5) is 10.7 Å². The molecule has 4 rings (SSSR count). The number of amides is 2. The van der Waals surface area contributed by atoms with Gasteiger partial charge in [-0.1, -0.05) is 23.3 Å². The van der Waals surface area contributed by atoms with Gasteiger partial charge in [0.1, 0.15) is 0 Å². The van der Waals surface area contributed by atoms with Crippen molar-refractivity contribution >= 4 is 12.0 Å². The molecule has 132 valence electrons. The number of rotatable bonds is 4. The van der Waals surface area contributed by atoms with E-state index >= 15 is 0 Å². The zero-order chi connectivity index (χ0) is 17.2. The predicted octanol–water partition coefficient (Wildman–Crippen LogP) is 1.29. The van der Waals surface area contributed by atoms with Crippen LogP contribution < -0.4 is 10.2 Å².